The van der Waals surface area contributed by atoms with E-state index in [0.29, 0.717) is 12.3 Å². The van der Waals surface area contributed by atoms with Crippen LogP contribution < -0.4 is 5.73 Å². The lowest BCUT2D eigenvalue weighted by Crippen LogP contribution is -2.39. The van der Waals surface area contributed by atoms with E-state index >= 15 is 0 Å². The van der Waals surface area contributed by atoms with E-state index in [1.807, 2.05) is 29.2 Å². The topological polar surface area (TPSA) is 46.3 Å². The number of nitrogens with zero attached hydrogens (tertiary/aromatic N) is 1. The summed E-state index contributed by atoms with van der Waals surface area (Å²) in [7, 11) is 0. The summed E-state index contributed by atoms with van der Waals surface area (Å²) < 4.78 is 1.05. The minimum Gasteiger partial charge on any atom is -0.342 e. The summed E-state index contributed by atoms with van der Waals surface area (Å²) in [6.07, 6.45) is 3.80. The summed E-state index contributed by atoms with van der Waals surface area (Å²) in [4.78, 5) is 14.2. The fourth-order valence-electron chi connectivity index (χ4n) is 2.60. The number of carbonyl (C=O) groups excluding carboxylic acids is 1. The molecule has 0 bridgehead atoms. The van der Waals surface area contributed by atoms with E-state index in [1.54, 1.807) is 0 Å². The highest BCUT2D eigenvalue weighted by atomic mass is 79.9. The van der Waals surface area contributed by atoms with Crippen molar-refractivity contribution in [2.24, 2.45) is 11.7 Å². The molecule has 1 aromatic carbocycles. The van der Waals surface area contributed by atoms with Crippen LogP contribution in [0.5, 0.6) is 0 Å². The summed E-state index contributed by atoms with van der Waals surface area (Å²) in [6, 6.07) is 7.97. The predicted octanol–water partition coefficient (Wildman–Crippen LogP) is 2.58. The Hall–Kier alpha value is -0.870. The number of carbonyl (C=O) groups is 1. The highest BCUT2D eigenvalue weighted by Gasteiger charge is 2.22. The van der Waals surface area contributed by atoms with Gasteiger partial charge >= 0.3 is 0 Å². The van der Waals surface area contributed by atoms with Crippen molar-refractivity contribution in [1.29, 1.82) is 0 Å². The molecule has 4 heteroatoms. The largest absolute Gasteiger partial charge is 0.342 e. The fourth-order valence-corrected chi connectivity index (χ4v) is 2.86. The smallest absolute Gasteiger partial charge is 0.226 e. The maximum absolute atomic E-state index is 12.2. The molecule has 1 heterocycles. The maximum atomic E-state index is 12.2. The van der Waals surface area contributed by atoms with Gasteiger partial charge in [0.05, 0.1) is 6.42 Å². The Kier molecular flexibility index (Phi) is 5.40. The van der Waals surface area contributed by atoms with Crippen LogP contribution in [0.15, 0.2) is 28.7 Å². The number of hydrogen-bond donors (Lipinski definition) is 1. The first-order valence-corrected chi connectivity index (χ1v) is 7.70. The zero-order valence-corrected chi connectivity index (χ0v) is 12.7. The van der Waals surface area contributed by atoms with Gasteiger partial charge in [-0.3, -0.25) is 4.79 Å². The second kappa shape index (κ2) is 7.06. The van der Waals surface area contributed by atoms with Gasteiger partial charge in [-0.2, -0.15) is 0 Å². The summed E-state index contributed by atoms with van der Waals surface area (Å²) in [5.41, 5.74) is 6.66. The van der Waals surface area contributed by atoms with Crippen LogP contribution >= 0.6 is 15.9 Å². The molecule has 2 N–H and O–H groups in total. The monoisotopic (exact) mass is 324 g/mol. The van der Waals surface area contributed by atoms with Gasteiger partial charge in [0, 0.05) is 17.6 Å². The Morgan fingerprint density at radius 2 is 1.89 bits per heavy atom. The van der Waals surface area contributed by atoms with Gasteiger partial charge in [0.25, 0.3) is 0 Å². The molecule has 1 aromatic rings. The molecule has 2 rings (SSSR count). The molecule has 0 aliphatic carbocycles. The van der Waals surface area contributed by atoms with Crippen LogP contribution in [0.4, 0.5) is 0 Å². The molecule has 104 valence electrons. The quantitative estimate of drug-likeness (QED) is 0.925. The molecular formula is C15H21BrN2O. The summed E-state index contributed by atoms with van der Waals surface area (Å²) >= 11 is 3.40. The van der Waals surface area contributed by atoms with Gasteiger partial charge in [-0.05, 0) is 49.4 Å². The molecule has 1 saturated heterocycles. The van der Waals surface area contributed by atoms with Gasteiger partial charge in [0.1, 0.15) is 0 Å². The molecule has 0 saturated carbocycles. The first kappa shape index (κ1) is 14.5. The fraction of sp³-hybridized carbons (Fsp3) is 0.533. The van der Waals surface area contributed by atoms with Crippen molar-refractivity contribution in [2.45, 2.75) is 25.7 Å². The van der Waals surface area contributed by atoms with Gasteiger partial charge in [-0.15, -0.1) is 0 Å². The van der Waals surface area contributed by atoms with Crippen LogP contribution in [-0.4, -0.2) is 30.4 Å². The highest BCUT2D eigenvalue weighted by Crippen LogP contribution is 2.20. The molecule has 1 aliphatic rings. The van der Waals surface area contributed by atoms with Crippen molar-refractivity contribution in [3.05, 3.63) is 34.3 Å². The second-order valence-electron chi connectivity index (χ2n) is 5.20. The molecule has 1 aliphatic heterocycles. The van der Waals surface area contributed by atoms with E-state index in [4.69, 9.17) is 5.73 Å². The lowest BCUT2D eigenvalue weighted by atomic mass is 9.93. The molecule has 0 spiro atoms. The molecular weight excluding hydrogens is 304 g/mol. The van der Waals surface area contributed by atoms with Gasteiger partial charge in [0.15, 0.2) is 0 Å². The standard InChI is InChI=1S/C15H21BrN2O/c16-14-3-1-13(2-4-14)11-15(19)18-9-6-12(5-8-17)7-10-18/h1-4,12H,5-11,17H2. The van der Waals surface area contributed by atoms with Crippen LogP contribution in [0.3, 0.4) is 0 Å². The van der Waals surface area contributed by atoms with E-state index in [-0.39, 0.29) is 5.91 Å². The molecule has 1 amide bonds. The van der Waals surface area contributed by atoms with Crippen LogP contribution in [0, 0.1) is 5.92 Å². The third-order valence-electron chi connectivity index (χ3n) is 3.81. The average Bonchev–Trinajstić information content (AvgIpc) is 2.42. The van der Waals surface area contributed by atoms with Gasteiger partial charge < -0.3 is 10.6 Å². The van der Waals surface area contributed by atoms with Gasteiger partial charge in [-0.25, -0.2) is 0 Å². The maximum Gasteiger partial charge on any atom is 0.226 e. The van der Waals surface area contributed by atoms with Crippen molar-refractivity contribution < 1.29 is 4.79 Å². The minimum absolute atomic E-state index is 0.244. The first-order valence-electron chi connectivity index (χ1n) is 6.91. The number of amides is 1. The second-order valence-corrected chi connectivity index (χ2v) is 6.12. The number of nitrogens with two attached hydrogens (primary N) is 1. The zero-order valence-electron chi connectivity index (χ0n) is 11.1. The van der Waals surface area contributed by atoms with E-state index in [9.17, 15) is 4.79 Å². The SMILES string of the molecule is NCCC1CCN(C(=O)Cc2ccc(Br)cc2)CC1. The number of benzene rings is 1. The molecule has 0 atom stereocenters. The van der Waals surface area contributed by atoms with Crippen LogP contribution in [0.2, 0.25) is 0 Å². The Labute approximate surface area is 123 Å². The number of piperidine rings is 1. The number of likely N-dealkylation sites (tertiary alicyclic amines) is 1. The van der Waals surface area contributed by atoms with Crippen molar-refractivity contribution in [1.82, 2.24) is 4.90 Å². The Morgan fingerprint density at radius 3 is 2.47 bits per heavy atom. The Morgan fingerprint density at radius 1 is 1.26 bits per heavy atom. The van der Waals surface area contributed by atoms with E-state index in [2.05, 4.69) is 15.9 Å². The van der Waals surface area contributed by atoms with Gasteiger partial charge in [-0.1, -0.05) is 28.1 Å². The molecule has 19 heavy (non-hydrogen) atoms. The van der Waals surface area contributed by atoms with Crippen LogP contribution in [0.1, 0.15) is 24.8 Å². The van der Waals surface area contributed by atoms with Gasteiger partial charge in [0.2, 0.25) is 5.91 Å². The first-order chi connectivity index (χ1) is 9.19. The molecule has 3 nitrogen and oxygen atoms in total. The molecule has 0 unspecified atom stereocenters. The Balaban J connectivity index is 1.83. The van der Waals surface area contributed by atoms with Crippen molar-refractivity contribution in [3.8, 4) is 0 Å². The third kappa shape index (κ3) is 4.32. The summed E-state index contributed by atoms with van der Waals surface area (Å²) in [5.74, 6) is 0.954. The molecule has 0 aromatic heterocycles. The van der Waals surface area contributed by atoms with Crippen molar-refractivity contribution in [2.75, 3.05) is 19.6 Å². The van der Waals surface area contributed by atoms with E-state index < -0.39 is 0 Å². The van der Waals surface area contributed by atoms with Crippen molar-refractivity contribution >= 4 is 21.8 Å². The normalized spacial score (nSPS) is 16.6. The number of halogens is 1. The molecule has 0 radical (unpaired) electrons. The van der Waals surface area contributed by atoms with Crippen molar-refractivity contribution in [3.63, 3.8) is 0 Å². The average molecular weight is 325 g/mol. The minimum atomic E-state index is 0.244. The summed E-state index contributed by atoms with van der Waals surface area (Å²) in [6.45, 7) is 2.54. The van der Waals surface area contributed by atoms with Crippen LogP contribution in [-0.2, 0) is 11.2 Å². The third-order valence-corrected chi connectivity index (χ3v) is 4.34. The molecule has 1 fully saturated rings. The lowest BCUT2D eigenvalue weighted by Gasteiger charge is -2.32. The summed E-state index contributed by atoms with van der Waals surface area (Å²) in [5, 5.41) is 0. The van der Waals surface area contributed by atoms with E-state index in [1.165, 1.54) is 0 Å². The van der Waals surface area contributed by atoms with E-state index in [0.717, 1.165) is 48.9 Å². The lowest BCUT2D eigenvalue weighted by molar-refractivity contribution is -0.131. The Bertz CT molecular complexity index is 411. The van der Waals surface area contributed by atoms with Crippen LogP contribution in [0.25, 0.3) is 0 Å². The predicted molar refractivity (Wildman–Crippen MR) is 80.8 cm³/mol. The highest BCUT2D eigenvalue weighted by molar-refractivity contribution is 9.10. The zero-order chi connectivity index (χ0) is 13.7. The number of rotatable bonds is 4. The number of hydrogen-bond acceptors (Lipinski definition) is 2.